The average molecular weight is 267 g/mol. The summed E-state index contributed by atoms with van der Waals surface area (Å²) in [5, 5.41) is 9.47. The topological polar surface area (TPSA) is 72.5 Å². The molecule has 4 rings (SSSR count). The number of benzene rings is 1. The largest absolute Gasteiger partial charge is 0.361 e. The minimum atomic E-state index is -0.114. The van der Waals surface area contributed by atoms with E-state index >= 15 is 0 Å². The molecule has 0 spiro atoms. The molecule has 1 atom stereocenters. The molecule has 1 aliphatic carbocycles. The summed E-state index contributed by atoms with van der Waals surface area (Å²) in [7, 11) is 0. The Bertz CT molecular complexity index is 737. The standard InChI is InChI=1S/C15H17N5/c16-13(15-19-18-9-20(15)11-5-6-11)7-10-8-17-14-4-2-1-3-12(10)14/h1-4,8-9,11,13,17H,5-7,16H2/t13-/m0/s1. The van der Waals surface area contributed by atoms with Crippen molar-refractivity contribution in [3.63, 3.8) is 0 Å². The number of nitrogens with one attached hydrogen (secondary N) is 1. The first-order chi connectivity index (χ1) is 9.83. The van der Waals surface area contributed by atoms with Gasteiger partial charge in [0.15, 0.2) is 0 Å². The number of hydrogen-bond donors (Lipinski definition) is 2. The Morgan fingerprint density at radius 2 is 2.20 bits per heavy atom. The molecule has 0 unspecified atom stereocenters. The molecule has 3 N–H and O–H groups in total. The second-order valence-corrected chi connectivity index (χ2v) is 5.50. The third-order valence-corrected chi connectivity index (χ3v) is 3.99. The summed E-state index contributed by atoms with van der Waals surface area (Å²) in [5.41, 5.74) is 8.74. The fourth-order valence-corrected chi connectivity index (χ4v) is 2.78. The number of para-hydroxylation sites is 1. The molecular formula is C15H17N5. The molecule has 20 heavy (non-hydrogen) atoms. The van der Waals surface area contributed by atoms with Crippen LogP contribution in [-0.2, 0) is 6.42 Å². The van der Waals surface area contributed by atoms with Gasteiger partial charge < -0.3 is 15.3 Å². The van der Waals surface area contributed by atoms with Gasteiger partial charge in [-0.05, 0) is 30.9 Å². The highest BCUT2D eigenvalue weighted by molar-refractivity contribution is 5.83. The lowest BCUT2D eigenvalue weighted by molar-refractivity contribution is 0.592. The van der Waals surface area contributed by atoms with Gasteiger partial charge in [-0.1, -0.05) is 18.2 Å². The van der Waals surface area contributed by atoms with Crippen LogP contribution in [0.3, 0.4) is 0 Å². The first kappa shape index (κ1) is 11.7. The van der Waals surface area contributed by atoms with Crippen LogP contribution >= 0.6 is 0 Å². The van der Waals surface area contributed by atoms with E-state index in [-0.39, 0.29) is 6.04 Å². The van der Waals surface area contributed by atoms with E-state index < -0.39 is 0 Å². The Morgan fingerprint density at radius 3 is 3.05 bits per heavy atom. The van der Waals surface area contributed by atoms with Crippen LogP contribution < -0.4 is 5.73 Å². The summed E-state index contributed by atoms with van der Waals surface area (Å²) < 4.78 is 2.14. The van der Waals surface area contributed by atoms with Crippen LogP contribution in [0.15, 0.2) is 36.8 Å². The minimum absolute atomic E-state index is 0.114. The molecule has 1 saturated carbocycles. The number of hydrogen-bond acceptors (Lipinski definition) is 3. The van der Waals surface area contributed by atoms with Gasteiger partial charge in [0.05, 0.1) is 6.04 Å². The smallest absolute Gasteiger partial charge is 0.150 e. The number of rotatable bonds is 4. The number of aromatic nitrogens is 4. The van der Waals surface area contributed by atoms with Crippen molar-refractivity contribution in [1.29, 1.82) is 0 Å². The molecule has 3 aromatic rings. The van der Waals surface area contributed by atoms with Crippen LogP contribution in [0.1, 0.15) is 36.3 Å². The third kappa shape index (κ3) is 1.91. The second kappa shape index (κ2) is 4.45. The second-order valence-electron chi connectivity index (χ2n) is 5.50. The Morgan fingerprint density at radius 1 is 1.35 bits per heavy atom. The van der Waals surface area contributed by atoms with Crippen molar-refractivity contribution in [2.75, 3.05) is 0 Å². The van der Waals surface area contributed by atoms with E-state index in [1.807, 2.05) is 18.6 Å². The number of nitrogens with zero attached hydrogens (tertiary/aromatic N) is 3. The monoisotopic (exact) mass is 267 g/mol. The Hall–Kier alpha value is -2.14. The van der Waals surface area contributed by atoms with Crippen LogP contribution in [0.2, 0.25) is 0 Å². The van der Waals surface area contributed by atoms with E-state index in [0.717, 1.165) is 17.8 Å². The minimum Gasteiger partial charge on any atom is -0.361 e. The summed E-state index contributed by atoms with van der Waals surface area (Å²) in [6, 6.07) is 8.74. The van der Waals surface area contributed by atoms with E-state index in [4.69, 9.17) is 5.73 Å². The maximum atomic E-state index is 6.35. The molecule has 0 bridgehead atoms. The van der Waals surface area contributed by atoms with E-state index in [0.29, 0.717) is 6.04 Å². The predicted molar refractivity (Wildman–Crippen MR) is 77.2 cm³/mol. The van der Waals surface area contributed by atoms with Gasteiger partial charge in [0, 0.05) is 23.1 Å². The van der Waals surface area contributed by atoms with Gasteiger partial charge in [-0.3, -0.25) is 0 Å². The van der Waals surface area contributed by atoms with Crippen molar-refractivity contribution in [3.05, 3.63) is 48.2 Å². The Kier molecular flexibility index (Phi) is 2.60. The molecule has 5 nitrogen and oxygen atoms in total. The first-order valence-electron chi connectivity index (χ1n) is 7.03. The van der Waals surface area contributed by atoms with Gasteiger partial charge in [0.1, 0.15) is 12.2 Å². The normalized spacial score (nSPS) is 16.6. The molecule has 0 radical (unpaired) electrons. The molecule has 0 amide bonds. The lowest BCUT2D eigenvalue weighted by atomic mass is 10.1. The van der Waals surface area contributed by atoms with Gasteiger partial charge in [0.2, 0.25) is 0 Å². The number of fused-ring (bicyclic) bond motifs is 1. The van der Waals surface area contributed by atoms with Crippen molar-refractivity contribution in [2.45, 2.75) is 31.3 Å². The summed E-state index contributed by atoms with van der Waals surface area (Å²) in [6.45, 7) is 0. The maximum absolute atomic E-state index is 6.35. The molecule has 102 valence electrons. The third-order valence-electron chi connectivity index (χ3n) is 3.99. The molecule has 2 heterocycles. The SMILES string of the molecule is N[C@@H](Cc1c[nH]c2ccccc12)c1nncn1C1CC1. The number of nitrogens with two attached hydrogens (primary N) is 1. The van der Waals surface area contributed by atoms with E-state index in [2.05, 4.69) is 37.9 Å². The molecule has 0 aliphatic heterocycles. The summed E-state index contributed by atoms with van der Waals surface area (Å²) >= 11 is 0. The lowest BCUT2D eigenvalue weighted by Gasteiger charge is -2.12. The Labute approximate surface area is 116 Å². The van der Waals surface area contributed by atoms with Crippen molar-refractivity contribution in [2.24, 2.45) is 5.73 Å². The van der Waals surface area contributed by atoms with Gasteiger partial charge in [0.25, 0.3) is 0 Å². The van der Waals surface area contributed by atoms with Crippen molar-refractivity contribution in [3.8, 4) is 0 Å². The molecule has 2 aromatic heterocycles. The number of H-pyrrole nitrogens is 1. The predicted octanol–water partition coefficient (Wildman–Crippen LogP) is 2.34. The molecule has 5 heteroatoms. The van der Waals surface area contributed by atoms with E-state index in [1.165, 1.54) is 23.8 Å². The molecule has 1 aromatic carbocycles. The van der Waals surface area contributed by atoms with Crippen LogP contribution in [0.4, 0.5) is 0 Å². The zero-order valence-corrected chi connectivity index (χ0v) is 11.2. The molecular weight excluding hydrogens is 250 g/mol. The van der Waals surface area contributed by atoms with Crippen molar-refractivity contribution < 1.29 is 0 Å². The number of aromatic amines is 1. The first-order valence-corrected chi connectivity index (χ1v) is 7.03. The van der Waals surface area contributed by atoms with Gasteiger partial charge in [-0.15, -0.1) is 10.2 Å². The van der Waals surface area contributed by atoms with Crippen LogP contribution in [-0.4, -0.2) is 19.7 Å². The fraction of sp³-hybridized carbons (Fsp3) is 0.333. The average Bonchev–Trinajstić information content (AvgIpc) is 3.06. The van der Waals surface area contributed by atoms with Crippen LogP contribution in [0.25, 0.3) is 10.9 Å². The van der Waals surface area contributed by atoms with Crippen molar-refractivity contribution >= 4 is 10.9 Å². The Balaban J connectivity index is 1.63. The maximum Gasteiger partial charge on any atom is 0.150 e. The zero-order chi connectivity index (χ0) is 13.5. The van der Waals surface area contributed by atoms with Crippen LogP contribution in [0.5, 0.6) is 0 Å². The molecule has 1 aliphatic rings. The van der Waals surface area contributed by atoms with Gasteiger partial charge in [-0.2, -0.15) is 0 Å². The van der Waals surface area contributed by atoms with Crippen molar-refractivity contribution in [1.82, 2.24) is 19.7 Å². The highest BCUT2D eigenvalue weighted by atomic mass is 15.3. The molecule has 1 fully saturated rings. The quantitative estimate of drug-likeness (QED) is 0.762. The summed E-state index contributed by atoms with van der Waals surface area (Å²) in [6.07, 6.45) is 7.05. The zero-order valence-electron chi connectivity index (χ0n) is 11.2. The van der Waals surface area contributed by atoms with E-state index in [1.54, 1.807) is 0 Å². The fourth-order valence-electron chi connectivity index (χ4n) is 2.78. The lowest BCUT2D eigenvalue weighted by Crippen LogP contribution is -2.18. The highest BCUT2D eigenvalue weighted by Gasteiger charge is 2.28. The van der Waals surface area contributed by atoms with Crippen LogP contribution in [0, 0.1) is 0 Å². The highest BCUT2D eigenvalue weighted by Crippen LogP contribution is 2.36. The van der Waals surface area contributed by atoms with Gasteiger partial charge >= 0.3 is 0 Å². The summed E-state index contributed by atoms with van der Waals surface area (Å²) in [5.74, 6) is 0.901. The van der Waals surface area contributed by atoms with Gasteiger partial charge in [-0.25, -0.2) is 0 Å². The molecule has 0 saturated heterocycles. The van der Waals surface area contributed by atoms with E-state index in [9.17, 15) is 0 Å². The summed E-state index contributed by atoms with van der Waals surface area (Å²) in [4.78, 5) is 3.29.